The first-order valence-electron chi connectivity index (χ1n) is 1.26. The molecule has 7 heavy (non-hydrogen) atoms. The maximum absolute atomic E-state index is 9.46. The molecule has 0 saturated carbocycles. The summed E-state index contributed by atoms with van der Waals surface area (Å²) in [5, 5.41) is 15.0. The van der Waals surface area contributed by atoms with Crippen molar-refractivity contribution in [3.05, 3.63) is 0 Å². The van der Waals surface area contributed by atoms with Gasteiger partial charge < -0.3 is 5.11 Å². The van der Waals surface area contributed by atoms with Crippen LogP contribution in [0, 0.1) is 0 Å². The molecule has 0 aromatic carbocycles. The van der Waals surface area contributed by atoms with Crippen molar-refractivity contribution in [3.8, 4) is 0 Å². The van der Waals surface area contributed by atoms with Crippen molar-refractivity contribution in [1.29, 1.82) is 0 Å². The molecule has 0 aromatic rings. The number of hydrogen-bond donors (Lipinski definition) is 2. The molecule has 0 spiro atoms. The molecule has 0 aliphatic rings. The number of rotatable bonds is 1. The second kappa shape index (κ2) is 6.39. The third kappa shape index (κ3) is 6.39. The van der Waals surface area contributed by atoms with Crippen molar-refractivity contribution in [2.45, 2.75) is 0 Å². The molecule has 2 N–H and O–H groups in total. The van der Waals surface area contributed by atoms with Crippen LogP contribution < -0.4 is 0 Å². The molecule has 0 aromatic heterocycles. The predicted octanol–water partition coefficient (Wildman–Crippen LogP) is -1.65. The van der Waals surface area contributed by atoms with Gasteiger partial charge in [-0.15, -0.1) is 0 Å². The van der Waals surface area contributed by atoms with E-state index in [9.17, 15) is 4.79 Å². The molecule has 0 aliphatic heterocycles. The van der Waals surface area contributed by atoms with Crippen LogP contribution >= 0.6 is 0 Å². The zero-order chi connectivity index (χ0) is 4.99. The minimum atomic E-state index is -1.05. The predicted molar refractivity (Wildman–Crippen MR) is 23.0 cm³/mol. The van der Waals surface area contributed by atoms with E-state index in [2.05, 4.69) is 4.89 Å². The molecule has 0 unspecified atom stereocenters. The van der Waals surface area contributed by atoms with Gasteiger partial charge in [-0.25, -0.2) is 4.79 Å². The van der Waals surface area contributed by atoms with Gasteiger partial charge >= 0.3 is 35.5 Å². The zero-order valence-electron chi connectivity index (χ0n) is 2.92. The van der Waals surface area contributed by atoms with Crippen molar-refractivity contribution in [3.63, 3.8) is 0 Å². The van der Waals surface area contributed by atoms with Gasteiger partial charge in [-0.05, 0) is 0 Å². The molecule has 0 radical (unpaired) electrons. The fraction of sp³-hybridized carbons (Fsp3) is 0.500. The van der Waals surface area contributed by atoms with Gasteiger partial charge in [0, 0.05) is 0 Å². The van der Waals surface area contributed by atoms with Crippen LogP contribution in [-0.4, -0.2) is 52.5 Å². The van der Waals surface area contributed by atoms with Crippen LogP contribution in [0.15, 0.2) is 0 Å². The number of aliphatic hydroxyl groups excluding tert-OH is 1. The summed E-state index contributed by atoms with van der Waals surface area (Å²) in [6.45, 7) is -0.781. The standard InChI is InChI=1S/C2H4O4.Na.H/c3-1-2(4)6-5;;/h3,5H,1H2;;. The zero-order valence-corrected chi connectivity index (χ0v) is 2.92. The van der Waals surface area contributed by atoms with Crippen LogP contribution in [-0.2, 0) is 9.68 Å². The van der Waals surface area contributed by atoms with E-state index in [0.717, 1.165) is 0 Å². The fourth-order valence-corrected chi connectivity index (χ4v) is 0.0289. The van der Waals surface area contributed by atoms with E-state index in [1.807, 2.05) is 0 Å². The normalized spacial score (nSPS) is 6.57. The molecule has 0 amide bonds. The van der Waals surface area contributed by atoms with Crippen LogP contribution in [0.4, 0.5) is 0 Å². The van der Waals surface area contributed by atoms with Crippen LogP contribution in [0.5, 0.6) is 0 Å². The Balaban J connectivity index is 0. The number of hydrogen-bond acceptors (Lipinski definition) is 4. The Bertz CT molecular complexity index is 47.7. The summed E-state index contributed by atoms with van der Waals surface area (Å²) in [6, 6.07) is 0. The summed E-state index contributed by atoms with van der Waals surface area (Å²) in [6.07, 6.45) is 0. The average Bonchev–Trinajstić information content (AvgIpc) is 1.65. The third-order valence-corrected chi connectivity index (χ3v) is 0.231. The van der Waals surface area contributed by atoms with Gasteiger partial charge in [0.15, 0.2) is 0 Å². The van der Waals surface area contributed by atoms with E-state index < -0.39 is 12.6 Å². The third-order valence-electron chi connectivity index (χ3n) is 0.231. The Kier molecular flexibility index (Phi) is 9.48. The van der Waals surface area contributed by atoms with Crippen molar-refractivity contribution in [1.82, 2.24) is 0 Å². The molecule has 0 bridgehead atoms. The van der Waals surface area contributed by atoms with E-state index in [1.54, 1.807) is 0 Å². The molecule has 0 heterocycles. The van der Waals surface area contributed by atoms with Gasteiger partial charge in [0.25, 0.3) is 0 Å². The number of carbonyl (C=O) groups is 1. The second-order valence-electron chi connectivity index (χ2n) is 0.621. The molecule has 0 aliphatic carbocycles. The van der Waals surface area contributed by atoms with E-state index in [1.165, 1.54) is 0 Å². The van der Waals surface area contributed by atoms with E-state index >= 15 is 0 Å². The molecule has 5 heteroatoms. The fourth-order valence-electron chi connectivity index (χ4n) is 0.0289. The number of carbonyl (C=O) groups excluding carboxylic acids is 1. The minimum absolute atomic E-state index is 0. The molecule has 38 valence electrons. The summed E-state index contributed by atoms with van der Waals surface area (Å²) in [4.78, 5) is 12.5. The topological polar surface area (TPSA) is 66.8 Å². The Morgan fingerprint density at radius 1 is 1.71 bits per heavy atom. The summed E-state index contributed by atoms with van der Waals surface area (Å²) in [7, 11) is 0. The molecular formula is C2H5NaO4. The number of aliphatic hydroxyl groups is 1. The second-order valence-corrected chi connectivity index (χ2v) is 0.621. The van der Waals surface area contributed by atoms with Crippen LogP contribution in [0.1, 0.15) is 0 Å². The van der Waals surface area contributed by atoms with Crippen molar-refractivity contribution >= 4 is 35.5 Å². The molecule has 0 fully saturated rings. The van der Waals surface area contributed by atoms with E-state index in [4.69, 9.17) is 10.4 Å². The first-order valence-corrected chi connectivity index (χ1v) is 1.26. The van der Waals surface area contributed by atoms with Gasteiger partial charge in [-0.3, -0.25) is 4.89 Å². The average molecular weight is 116 g/mol. The van der Waals surface area contributed by atoms with Gasteiger partial charge in [-0.1, -0.05) is 0 Å². The maximum atomic E-state index is 9.46. The molecular weight excluding hydrogens is 111 g/mol. The molecule has 0 rings (SSSR count). The Hall–Kier alpha value is 0.390. The SMILES string of the molecule is O=C(CO)OO.[NaH]. The molecule has 4 nitrogen and oxygen atoms in total. The van der Waals surface area contributed by atoms with Crippen LogP contribution in [0.25, 0.3) is 0 Å². The van der Waals surface area contributed by atoms with Crippen LogP contribution in [0.2, 0.25) is 0 Å². The van der Waals surface area contributed by atoms with Gasteiger partial charge in [0.1, 0.15) is 6.61 Å². The Labute approximate surface area is 62.3 Å². The van der Waals surface area contributed by atoms with Gasteiger partial charge in [0.2, 0.25) is 0 Å². The first kappa shape index (κ1) is 10.4. The van der Waals surface area contributed by atoms with Crippen LogP contribution in [0.3, 0.4) is 0 Å². The Morgan fingerprint density at radius 2 is 2.14 bits per heavy atom. The van der Waals surface area contributed by atoms with Crippen molar-refractivity contribution in [2.75, 3.05) is 6.61 Å². The summed E-state index contributed by atoms with van der Waals surface area (Å²) in [5.41, 5.74) is 0. The van der Waals surface area contributed by atoms with Crippen molar-refractivity contribution < 1.29 is 20.0 Å². The summed E-state index contributed by atoms with van der Waals surface area (Å²) >= 11 is 0. The summed E-state index contributed by atoms with van der Waals surface area (Å²) < 4.78 is 0. The van der Waals surface area contributed by atoms with E-state index in [0.29, 0.717) is 0 Å². The molecule has 0 atom stereocenters. The Morgan fingerprint density at radius 3 is 2.14 bits per heavy atom. The monoisotopic (exact) mass is 116 g/mol. The first-order chi connectivity index (χ1) is 2.81. The quantitative estimate of drug-likeness (QED) is 0.244. The van der Waals surface area contributed by atoms with Gasteiger partial charge in [-0.2, -0.15) is 5.26 Å². The summed E-state index contributed by atoms with van der Waals surface area (Å²) in [5.74, 6) is -1.05. The van der Waals surface area contributed by atoms with Gasteiger partial charge in [0.05, 0.1) is 0 Å². The van der Waals surface area contributed by atoms with E-state index in [-0.39, 0.29) is 29.6 Å². The van der Waals surface area contributed by atoms with Crippen molar-refractivity contribution in [2.24, 2.45) is 0 Å². The molecule has 0 saturated heterocycles.